The molecule has 0 saturated carbocycles. The molecule has 1 amide bonds. The minimum Gasteiger partial charge on any atom is -0.366 e. The van der Waals surface area contributed by atoms with Crippen LogP contribution in [0.15, 0.2) is 30.7 Å². The van der Waals surface area contributed by atoms with Crippen molar-refractivity contribution in [2.45, 2.75) is 0 Å². The van der Waals surface area contributed by atoms with E-state index < -0.39 is 5.91 Å². The molecule has 0 aliphatic carbocycles. The first-order valence-corrected chi connectivity index (χ1v) is 3.50. The second-order valence-electron chi connectivity index (χ2n) is 2.48. The molecule has 5 heteroatoms. The molecule has 2 rings (SSSR count). The summed E-state index contributed by atoms with van der Waals surface area (Å²) in [6.07, 6.45) is 4.94. The number of rotatable bonds is 1. The maximum atomic E-state index is 10.7. The number of fused-ring (bicyclic) bond motifs is 1. The van der Waals surface area contributed by atoms with Crippen LogP contribution in [-0.4, -0.2) is 15.3 Å². The molecule has 13 heavy (non-hydrogen) atoms. The predicted molar refractivity (Wildman–Crippen MR) is 51.0 cm³/mol. The highest BCUT2D eigenvalue weighted by atomic mass is 35.5. The Morgan fingerprint density at radius 1 is 1.54 bits per heavy atom. The fourth-order valence-corrected chi connectivity index (χ4v) is 1.05. The van der Waals surface area contributed by atoms with E-state index in [1.807, 2.05) is 18.3 Å². The average molecular weight is 198 g/mol. The molecular formula is C8H8ClN3O. The number of hydrogen-bond donors (Lipinski definition) is 1. The van der Waals surface area contributed by atoms with E-state index in [-0.39, 0.29) is 12.4 Å². The molecule has 2 aromatic rings. The number of halogens is 1. The van der Waals surface area contributed by atoms with E-state index in [1.165, 1.54) is 6.20 Å². The number of nitrogens with zero attached hydrogens (tertiary/aromatic N) is 2. The quantitative estimate of drug-likeness (QED) is 0.737. The van der Waals surface area contributed by atoms with Gasteiger partial charge in [-0.1, -0.05) is 0 Å². The Balaban J connectivity index is 0.000000845. The lowest BCUT2D eigenvalue weighted by Crippen LogP contribution is -2.12. The molecule has 2 aromatic heterocycles. The number of carbonyl (C=O) groups is 1. The molecule has 0 atom stereocenters. The van der Waals surface area contributed by atoms with Crippen LogP contribution in [-0.2, 0) is 0 Å². The van der Waals surface area contributed by atoms with E-state index in [0.717, 1.165) is 5.65 Å². The normalized spacial score (nSPS) is 9.54. The number of aromatic nitrogens is 2. The van der Waals surface area contributed by atoms with E-state index in [2.05, 4.69) is 4.98 Å². The Bertz CT molecular complexity index is 438. The van der Waals surface area contributed by atoms with Crippen LogP contribution >= 0.6 is 12.4 Å². The van der Waals surface area contributed by atoms with Crippen LogP contribution in [0.2, 0.25) is 0 Å². The van der Waals surface area contributed by atoms with Crippen molar-refractivity contribution >= 4 is 24.0 Å². The van der Waals surface area contributed by atoms with Gasteiger partial charge in [-0.3, -0.25) is 4.79 Å². The van der Waals surface area contributed by atoms with Crippen molar-refractivity contribution in [2.75, 3.05) is 0 Å². The molecule has 4 nitrogen and oxygen atoms in total. The maximum Gasteiger partial charge on any atom is 0.251 e. The van der Waals surface area contributed by atoms with Gasteiger partial charge in [0.05, 0.1) is 5.56 Å². The smallest absolute Gasteiger partial charge is 0.251 e. The van der Waals surface area contributed by atoms with Gasteiger partial charge in [0.15, 0.2) is 0 Å². The van der Waals surface area contributed by atoms with Crippen molar-refractivity contribution in [3.05, 3.63) is 36.3 Å². The number of nitrogens with two attached hydrogens (primary N) is 1. The fourth-order valence-electron chi connectivity index (χ4n) is 1.05. The zero-order valence-corrected chi connectivity index (χ0v) is 7.49. The van der Waals surface area contributed by atoms with Gasteiger partial charge in [0, 0.05) is 18.6 Å². The van der Waals surface area contributed by atoms with Crippen LogP contribution in [0.1, 0.15) is 10.4 Å². The van der Waals surface area contributed by atoms with E-state index in [4.69, 9.17) is 5.73 Å². The highest BCUT2D eigenvalue weighted by Crippen LogP contribution is 2.02. The van der Waals surface area contributed by atoms with E-state index in [9.17, 15) is 4.79 Å². The summed E-state index contributed by atoms with van der Waals surface area (Å²) in [5.41, 5.74) is 6.30. The van der Waals surface area contributed by atoms with Gasteiger partial charge in [0.25, 0.3) is 5.91 Å². The lowest BCUT2D eigenvalue weighted by Gasteiger charge is -1.96. The molecule has 0 aromatic carbocycles. The Morgan fingerprint density at radius 2 is 2.31 bits per heavy atom. The summed E-state index contributed by atoms with van der Waals surface area (Å²) in [6.45, 7) is 0. The molecule has 0 fully saturated rings. The van der Waals surface area contributed by atoms with Crippen molar-refractivity contribution in [3.63, 3.8) is 0 Å². The Morgan fingerprint density at radius 3 is 3.00 bits per heavy atom. The summed E-state index contributed by atoms with van der Waals surface area (Å²) in [7, 11) is 0. The van der Waals surface area contributed by atoms with E-state index in [0.29, 0.717) is 5.56 Å². The standard InChI is InChI=1S/C8H7N3O.ClH/c9-8(12)6-4-10-7-2-1-3-11(7)5-6;/h1-5H,(H2,9,12);1H. The molecule has 2 N–H and O–H groups in total. The van der Waals surface area contributed by atoms with Crippen LogP contribution in [0.3, 0.4) is 0 Å². The van der Waals surface area contributed by atoms with Gasteiger partial charge in [-0.15, -0.1) is 12.4 Å². The summed E-state index contributed by atoms with van der Waals surface area (Å²) in [6, 6.07) is 3.71. The maximum absolute atomic E-state index is 10.7. The molecular weight excluding hydrogens is 190 g/mol. The molecule has 0 unspecified atom stereocenters. The van der Waals surface area contributed by atoms with Gasteiger partial charge in [-0.05, 0) is 12.1 Å². The first-order valence-electron chi connectivity index (χ1n) is 3.50. The summed E-state index contributed by atoms with van der Waals surface area (Å²) in [5.74, 6) is -0.460. The van der Waals surface area contributed by atoms with Gasteiger partial charge >= 0.3 is 0 Å². The molecule has 2 heterocycles. The van der Waals surface area contributed by atoms with Crippen molar-refractivity contribution in [1.82, 2.24) is 9.38 Å². The zero-order valence-electron chi connectivity index (χ0n) is 6.68. The lowest BCUT2D eigenvalue weighted by molar-refractivity contribution is 0.0999. The van der Waals surface area contributed by atoms with Gasteiger partial charge in [-0.25, -0.2) is 4.98 Å². The molecule has 0 bridgehead atoms. The van der Waals surface area contributed by atoms with Crippen molar-refractivity contribution < 1.29 is 4.79 Å². The molecule has 0 aliphatic rings. The fraction of sp³-hybridized carbons (Fsp3) is 0. The third-order valence-electron chi connectivity index (χ3n) is 1.66. The van der Waals surface area contributed by atoms with E-state index >= 15 is 0 Å². The van der Waals surface area contributed by atoms with Crippen molar-refractivity contribution in [2.24, 2.45) is 5.73 Å². The average Bonchev–Trinajstić information content (AvgIpc) is 2.49. The summed E-state index contributed by atoms with van der Waals surface area (Å²) >= 11 is 0. The second kappa shape index (κ2) is 3.45. The van der Waals surface area contributed by atoms with Gasteiger partial charge in [0.1, 0.15) is 5.65 Å². The van der Waals surface area contributed by atoms with Gasteiger partial charge in [-0.2, -0.15) is 0 Å². The first kappa shape index (κ1) is 9.54. The SMILES string of the molecule is Cl.NC(=O)c1cnc2cccn2c1. The molecule has 0 saturated heterocycles. The third kappa shape index (κ3) is 1.62. The molecule has 0 aliphatic heterocycles. The number of primary amides is 1. The third-order valence-corrected chi connectivity index (χ3v) is 1.66. The number of carbonyl (C=O) groups excluding carboxylic acids is 1. The van der Waals surface area contributed by atoms with Crippen LogP contribution < -0.4 is 5.73 Å². The van der Waals surface area contributed by atoms with Crippen LogP contribution in [0, 0.1) is 0 Å². The Labute approximate surface area is 80.8 Å². The monoisotopic (exact) mass is 197 g/mol. The Hall–Kier alpha value is -1.55. The van der Waals surface area contributed by atoms with Crippen LogP contribution in [0.25, 0.3) is 5.65 Å². The zero-order chi connectivity index (χ0) is 8.55. The topological polar surface area (TPSA) is 60.4 Å². The number of hydrogen-bond acceptors (Lipinski definition) is 2. The highest BCUT2D eigenvalue weighted by molar-refractivity contribution is 5.92. The van der Waals surface area contributed by atoms with Crippen LogP contribution in [0.5, 0.6) is 0 Å². The number of amides is 1. The Kier molecular flexibility index (Phi) is 2.53. The van der Waals surface area contributed by atoms with E-state index in [1.54, 1.807) is 10.6 Å². The second-order valence-corrected chi connectivity index (χ2v) is 2.48. The largest absolute Gasteiger partial charge is 0.366 e. The first-order chi connectivity index (χ1) is 5.77. The van der Waals surface area contributed by atoms with Gasteiger partial charge < -0.3 is 10.1 Å². The predicted octanol–water partition coefficient (Wildman–Crippen LogP) is 0.855. The highest BCUT2D eigenvalue weighted by Gasteiger charge is 2.00. The molecule has 68 valence electrons. The minimum absolute atomic E-state index is 0. The summed E-state index contributed by atoms with van der Waals surface area (Å²) in [5, 5.41) is 0. The summed E-state index contributed by atoms with van der Waals surface area (Å²) < 4.78 is 1.75. The minimum atomic E-state index is -0.460. The summed E-state index contributed by atoms with van der Waals surface area (Å²) in [4.78, 5) is 14.8. The van der Waals surface area contributed by atoms with Crippen molar-refractivity contribution in [1.29, 1.82) is 0 Å². The lowest BCUT2D eigenvalue weighted by atomic mass is 10.3. The van der Waals surface area contributed by atoms with Crippen LogP contribution in [0.4, 0.5) is 0 Å². The van der Waals surface area contributed by atoms with Crippen molar-refractivity contribution in [3.8, 4) is 0 Å². The molecule has 0 spiro atoms. The molecule has 0 radical (unpaired) electrons. The van der Waals surface area contributed by atoms with Gasteiger partial charge in [0.2, 0.25) is 0 Å².